The topological polar surface area (TPSA) is 78.4 Å². The van der Waals surface area contributed by atoms with E-state index < -0.39 is 4.92 Å². The van der Waals surface area contributed by atoms with Gasteiger partial charge in [-0.2, -0.15) is 0 Å². The first-order valence-corrected chi connectivity index (χ1v) is 5.88. The van der Waals surface area contributed by atoms with Crippen LogP contribution in [-0.4, -0.2) is 23.9 Å². The molecule has 0 saturated carbocycles. The van der Waals surface area contributed by atoms with Crippen LogP contribution in [0, 0.1) is 10.1 Å². The van der Waals surface area contributed by atoms with Crippen molar-refractivity contribution in [3.8, 4) is 0 Å². The van der Waals surface area contributed by atoms with Crippen LogP contribution in [0.3, 0.4) is 0 Å². The van der Waals surface area contributed by atoms with E-state index in [2.05, 4.69) is 0 Å². The molecule has 6 heteroatoms. The lowest BCUT2D eigenvalue weighted by molar-refractivity contribution is -0.384. The lowest BCUT2D eigenvalue weighted by atomic mass is 10.3. The summed E-state index contributed by atoms with van der Waals surface area (Å²) in [6.07, 6.45) is 0. The molecule has 1 aromatic rings. The maximum atomic E-state index is 10.6. The zero-order chi connectivity index (χ0) is 12.0. The molecular formula is C10H14N2O3S. The molecule has 5 nitrogen and oxygen atoms in total. The zero-order valence-electron chi connectivity index (χ0n) is 9.01. The summed E-state index contributed by atoms with van der Waals surface area (Å²) in [7, 11) is 0. The van der Waals surface area contributed by atoms with Gasteiger partial charge in [-0.25, -0.2) is 0 Å². The minimum atomic E-state index is -0.470. The van der Waals surface area contributed by atoms with Gasteiger partial charge in [-0.15, -0.1) is 11.8 Å². The van der Waals surface area contributed by atoms with E-state index in [1.54, 1.807) is 12.1 Å². The number of hydrogen-bond acceptors (Lipinski definition) is 5. The Hall–Kier alpha value is -1.27. The molecule has 0 bridgehead atoms. The lowest BCUT2D eigenvalue weighted by Crippen LogP contribution is -1.97. The van der Waals surface area contributed by atoms with E-state index in [1.807, 2.05) is 6.92 Å². The molecule has 1 aromatic carbocycles. The van der Waals surface area contributed by atoms with Crippen molar-refractivity contribution in [1.82, 2.24) is 0 Å². The second-order valence-corrected chi connectivity index (χ2v) is 4.19. The molecule has 0 amide bonds. The number of thioether (sulfide) groups is 1. The summed E-state index contributed by atoms with van der Waals surface area (Å²) in [5.41, 5.74) is 5.64. The first-order chi connectivity index (χ1) is 7.65. The normalized spacial score (nSPS) is 10.3. The second kappa shape index (κ2) is 6.34. The van der Waals surface area contributed by atoms with Crippen LogP contribution in [0.4, 0.5) is 11.4 Å². The van der Waals surface area contributed by atoms with Crippen LogP contribution in [0.5, 0.6) is 0 Å². The van der Waals surface area contributed by atoms with Crippen LogP contribution in [0.25, 0.3) is 0 Å². The largest absolute Gasteiger partial charge is 0.393 e. The third-order valence-electron chi connectivity index (χ3n) is 1.90. The van der Waals surface area contributed by atoms with Crippen LogP contribution in [0.1, 0.15) is 6.92 Å². The Kier molecular flexibility index (Phi) is 5.07. The van der Waals surface area contributed by atoms with Gasteiger partial charge in [-0.3, -0.25) is 10.1 Å². The molecule has 1 rings (SSSR count). The van der Waals surface area contributed by atoms with Crippen molar-refractivity contribution >= 4 is 23.1 Å². The fourth-order valence-electron chi connectivity index (χ4n) is 1.13. The van der Waals surface area contributed by atoms with Gasteiger partial charge < -0.3 is 10.5 Å². The molecule has 0 radical (unpaired) electrons. The molecule has 0 heterocycles. The molecule has 0 aliphatic heterocycles. The van der Waals surface area contributed by atoms with E-state index in [1.165, 1.54) is 17.8 Å². The Morgan fingerprint density at radius 3 is 2.94 bits per heavy atom. The molecule has 0 saturated heterocycles. The summed E-state index contributed by atoms with van der Waals surface area (Å²) < 4.78 is 5.18. The molecule has 0 unspecified atom stereocenters. The minimum Gasteiger partial charge on any atom is -0.393 e. The van der Waals surface area contributed by atoms with E-state index in [4.69, 9.17) is 10.5 Å². The van der Waals surface area contributed by atoms with E-state index >= 15 is 0 Å². The standard InChI is InChI=1S/C10H14N2O3S/c1-2-15-5-6-16-8-3-4-9(11)10(7-8)12(13)14/h3-4,7H,2,5-6,11H2,1H3. The summed E-state index contributed by atoms with van der Waals surface area (Å²) in [6, 6.07) is 4.83. The lowest BCUT2D eigenvalue weighted by Gasteiger charge is -2.03. The Labute approximate surface area is 98.1 Å². The fourth-order valence-corrected chi connectivity index (χ4v) is 1.93. The smallest absolute Gasteiger partial charge is 0.293 e. The van der Waals surface area contributed by atoms with Gasteiger partial charge in [-0.1, -0.05) is 0 Å². The Bertz CT molecular complexity index is 371. The van der Waals surface area contributed by atoms with Crippen molar-refractivity contribution in [3.05, 3.63) is 28.3 Å². The fraction of sp³-hybridized carbons (Fsp3) is 0.400. The summed E-state index contributed by atoms with van der Waals surface area (Å²) in [6.45, 7) is 3.25. The summed E-state index contributed by atoms with van der Waals surface area (Å²) in [5.74, 6) is 0.773. The van der Waals surface area contributed by atoms with Crippen molar-refractivity contribution < 1.29 is 9.66 Å². The minimum absolute atomic E-state index is 0.0404. The van der Waals surface area contributed by atoms with Crippen LogP contribution in [0.15, 0.2) is 23.1 Å². The molecule has 88 valence electrons. The molecular weight excluding hydrogens is 228 g/mol. The summed E-state index contributed by atoms with van der Waals surface area (Å²) in [5, 5.41) is 10.6. The maximum absolute atomic E-state index is 10.6. The third-order valence-corrected chi connectivity index (χ3v) is 2.86. The average molecular weight is 242 g/mol. The molecule has 0 aromatic heterocycles. The monoisotopic (exact) mass is 242 g/mol. The molecule has 0 spiro atoms. The van der Waals surface area contributed by atoms with Crippen molar-refractivity contribution in [1.29, 1.82) is 0 Å². The highest BCUT2D eigenvalue weighted by molar-refractivity contribution is 7.99. The SMILES string of the molecule is CCOCCSc1ccc(N)c([N+](=O)[O-])c1. The van der Waals surface area contributed by atoms with Crippen LogP contribution in [0.2, 0.25) is 0 Å². The third kappa shape index (κ3) is 3.71. The number of benzene rings is 1. The number of nitro benzene ring substituents is 1. The number of anilines is 1. The maximum Gasteiger partial charge on any atom is 0.293 e. The number of rotatable bonds is 6. The predicted molar refractivity (Wildman–Crippen MR) is 64.7 cm³/mol. The van der Waals surface area contributed by atoms with E-state index in [9.17, 15) is 10.1 Å². The summed E-state index contributed by atoms with van der Waals surface area (Å²) in [4.78, 5) is 11.0. The van der Waals surface area contributed by atoms with Crippen molar-refractivity contribution in [2.24, 2.45) is 0 Å². The van der Waals surface area contributed by atoms with Crippen molar-refractivity contribution in [3.63, 3.8) is 0 Å². The number of nitrogen functional groups attached to an aromatic ring is 1. The molecule has 16 heavy (non-hydrogen) atoms. The van der Waals surface area contributed by atoms with Gasteiger partial charge in [0.25, 0.3) is 5.69 Å². The van der Waals surface area contributed by atoms with Crippen LogP contribution >= 0.6 is 11.8 Å². The number of nitrogens with zero attached hydrogens (tertiary/aromatic N) is 1. The summed E-state index contributed by atoms with van der Waals surface area (Å²) >= 11 is 1.52. The predicted octanol–water partition coefficient (Wildman–Crippen LogP) is 2.31. The van der Waals surface area contributed by atoms with Gasteiger partial charge in [0.1, 0.15) is 5.69 Å². The van der Waals surface area contributed by atoms with Gasteiger partial charge in [0.05, 0.1) is 11.5 Å². The Balaban J connectivity index is 2.61. The van der Waals surface area contributed by atoms with Gasteiger partial charge in [0.2, 0.25) is 0 Å². The second-order valence-electron chi connectivity index (χ2n) is 3.02. The Morgan fingerprint density at radius 1 is 1.56 bits per heavy atom. The molecule has 0 atom stereocenters. The van der Waals surface area contributed by atoms with Gasteiger partial charge in [0.15, 0.2) is 0 Å². The molecule has 2 N–H and O–H groups in total. The van der Waals surface area contributed by atoms with E-state index in [0.29, 0.717) is 13.2 Å². The first kappa shape index (κ1) is 12.8. The first-order valence-electron chi connectivity index (χ1n) is 4.89. The molecule has 0 aliphatic rings. The van der Waals surface area contributed by atoms with Crippen molar-refractivity contribution in [2.75, 3.05) is 24.7 Å². The highest BCUT2D eigenvalue weighted by Crippen LogP contribution is 2.27. The van der Waals surface area contributed by atoms with Gasteiger partial charge in [-0.05, 0) is 19.1 Å². The van der Waals surface area contributed by atoms with E-state index in [-0.39, 0.29) is 11.4 Å². The van der Waals surface area contributed by atoms with Crippen LogP contribution < -0.4 is 5.73 Å². The number of ether oxygens (including phenoxy) is 1. The quantitative estimate of drug-likeness (QED) is 0.272. The van der Waals surface area contributed by atoms with Crippen molar-refractivity contribution in [2.45, 2.75) is 11.8 Å². The zero-order valence-corrected chi connectivity index (χ0v) is 9.83. The number of nitro groups is 1. The highest BCUT2D eigenvalue weighted by atomic mass is 32.2. The highest BCUT2D eigenvalue weighted by Gasteiger charge is 2.11. The number of nitrogens with two attached hydrogens (primary N) is 1. The van der Waals surface area contributed by atoms with Crippen LogP contribution in [-0.2, 0) is 4.74 Å². The number of hydrogen-bond donors (Lipinski definition) is 1. The average Bonchev–Trinajstić information content (AvgIpc) is 2.26. The molecule has 0 aliphatic carbocycles. The van der Waals surface area contributed by atoms with Gasteiger partial charge >= 0.3 is 0 Å². The van der Waals surface area contributed by atoms with Gasteiger partial charge in [0, 0.05) is 23.3 Å². The molecule has 0 fully saturated rings. The van der Waals surface area contributed by atoms with E-state index in [0.717, 1.165) is 10.6 Å². The Morgan fingerprint density at radius 2 is 2.31 bits per heavy atom.